The van der Waals surface area contributed by atoms with Crippen molar-refractivity contribution in [1.29, 1.82) is 0 Å². The number of nitrogens with zero attached hydrogens (tertiary/aromatic N) is 1. The van der Waals surface area contributed by atoms with E-state index >= 15 is 0 Å². The number of aromatic nitrogens is 1. The number of aliphatic hydroxyl groups excluding tert-OH is 1. The number of hydrogen-bond donors (Lipinski definition) is 1. The van der Waals surface area contributed by atoms with E-state index in [1.165, 1.54) is 11.3 Å². The third-order valence-corrected chi connectivity index (χ3v) is 3.91. The van der Waals surface area contributed by atoms with Gasteiger partial charge in [0, 0.05) is 12.7 Å². The molecule has 2 aromatic rings. The van der Waals surface area contributed by atoms with Crippen LogP contribution in [-0.4, -0.2) is 23.8 Å². The first-order chi connectivity index (χ1) is 9.78. The Balaban J connectivity index is 2.18. The van der Waals surface area contributed by atoms with Gasteiger partial charge in [-0.3, -0.25) is 0 Å². The highest BCUT2D eigenvalue weighted by Gasteiger charge is 2.11. The number of benzene rings is 1. The Morgan fingerprint density at radius 2 is 2.00 bits per heavy atom. The van der Waals surface area contributed by atoms with Crippen LogP contribution in [0.1, 0.15) is 23.9 Å². The van der Waals surface area contributed by atoms with E-state index in [4.69, 9.17) is 9.47 Å². The number of hydrogen-bond acceptors (Lipinski definition) is 5. The Labute approximate surface area is 123 Å². The summed E-state index contributed by atoms with van der Waals surface area (Å²) in [6.07, 6.45) is 0.995. The largest absolute Gasteiger partial charge is 0.494 e. The summed E-state index contributed by atoms with van der Waals surface area (Å²) >= 11 is 1.49. The van der Waals surface area contributed by atoms with Gasteiger partial charge >= 0.3 is 0 Å². The molecule has 1 aromatic carbocycles. The van der Waals surface area contributed by atoms with Crippen molar-refractivity contribution in [2.24, 2.45) is 0 Å². The average molecular weight is 293 g/mol. The number of thiazole rings is 1. The monoisotopic (exact) mass is 293 g/mol. The summed E-state index contributed by atoms with van der Waals surface area (Å²) in [6.45, 7) is 3.22. The van der Waals surface area contributed by atoms with E-state index in [0.29, 0.717) is 6.61 Å². The van der Waals surface area contributed by atoms with Gasteiger partial charge in [-0.2, -0.15) is 0 Å². The lowest BCUT2D eigenvalue weighted by atomic mass is 10.2. The minimum atomic E-state index is -0.00590. The van der Waals surface area contributed by atoms with Crippen molar-refractivity contribution in [2.75, 3.05) is 13.7 Å². The third-order valence-electron chi connectivity index (χ3n) is 2.78. The zero-order valence-corrected chi connectivity index (χ0v) is 12.6. The average Bonchev–Trinajstić information content (AvgIpc) is 2.89. The van der Waals surface area contributed by atoms with E-state index in [1.54, 1.807) is 7.11 Å². The summed E-state index contributed by atoms with van der Waals surface area (Å²) < 4.78 is 10.7. The Morgan fingerprint density at radius 3 is 2.60 bits per heavy atom. The van der Waals surface area contributed by atoms with Crippen molar-refractivity contribution < 1.29 is 14.6 Å². The van der Waals surface area contributed by atoms with E-state index in [2.05, 4.69) is 11.9 Å². The fourth-order valence-corrected chi connectivity index (χ4v) is 2.72. The number of ether oxygens (including phenoxy) is 2. The van der Waals surface area contributed by atoms with Gasteiger partial charge in [-0.25, -0.2) is 4.98 Å². The Bertz CT molecular complexity index is 537. The summed E-state index contributed by atoms with van der Waals surface area (Å²) in [4.78, 5) is 5.38. The zero-order chi connectivity index (χ0) is 14.4. The van der Waals surface area contributed by atoms with Crippen molar-refractivity contribution in [3.63, 3.8) is 0 Å². The molecule has 0 unspecified atom stereocenters. The summed E-state index contributed by atoms with van der Waals surface area (Å²) in [5.74, 6) is 0.867. The molecule has 0 amide bonds. The number of rotatable bonds is 7. The van der Waals surface area contributed by atoms with Gasteiger partial charge in [0.15, 0.2) is 0 Å². The van der Waals surface area contributed by atoms with E-state index in [1.807, 2.05) is 24.3 Å². The predicted octanol–water partition coefficient (Wildman–Crippen LogP) is 3.24. The molecule has 0 aliphatic heterocycles. The van der Waals surface area contributed by atoms with Gasteiger partial charge in [0.25, 0.3) is 0 Å². The van der Waals surface area contributed by atoms with Crippen LogP contribution in [0, 0.1) is 0 Å². The maximum atomic E-state index is 9.34. The molecule has 5 heteroatoms. The van der Waals surface area contributed by atoms with Gasteiger partial charge in [0.05, 0.1) is 30.4 Å². The van der Waals surface area contributed by atoms with E-state index in [9.17, 15) is 5.11 Å². The molecule has 1 N–H and O–H groups in total. The fraction of sp³-hybridized carbons (Fsp3) is 0.400. The van der Waals surface area contributed by atoms with Gasteiger partial charge in [-0.1, -0.05) is 6.92 Å². The lowest BCUT2D eigenvalue weighted by Crippen LogP contribution is -1.94. The molecule has 0 saturated heterocycles. The van der Waals surface area contributed by atoms with Gasteiger partial charge < -0.3 is 14.6 Å². The van der Waals surface area contributed by atoms with Crippen LogP contribution >= 0.6 is 11.3 Å². The molecule has 108 valence electrons. The quantitative estimate of drug-likeness (QED) is 0.851. The van der Waals surface area contributed by atoms with Crippen LogP contribution < -0.4 is 4.74 Å². The van der Waals surface area contributed by atoms with Gasteiger partial charge in [0.2, 0.25) is 0 Å². The molecule has 2 rings (SSSR count). The van der Waals surface area contributed by atoms with Crippen LogP contribution in [0.3, 0.4) is 0 Å². The van der Waals surface area contributed by atoms with Gasteiger partial charge in [0.1, 0.15) is 10.8 Å². The lowest BCUT2D eigenvalue weighted by molar-refractivity contribution is 0.179. The molecule has 0 saturated carbocycles. The van der Waals surface area contributed by atoms with E-state index in [0.717, 1.165) is 39.9 Å². The topological polar surface area (TPSA) is 51.6 Å². The van der Waals surface area contributed by atoms with Crippen molar-refractivity contribution >= 4 is 11.3 Å². The smallest absolute Gasteiger partial charge is 0.124 e. The molecule has 20 heavy (non-hydrogen) atoms. The van der Waals surface area contributed by atoms with Crippen molar-refractivity contribution in [1.82, 2.24) is 4.98 Å². The fourth-order valence-electron chi connectivity index (χ4n) is 1.79. The molecule has 0 atom stereocenters. The zero-order valence-electron chi connectivity index (χ0n) is 11.8. The summed E-state index contributed by atoms with van der Waals surface area (Å²) in [7, 11) is 1.63. The highest BCUT2D eigenvalue weighted by Crippen LogP contribution is 2.29. The standard InChI is InChI=1S/C15H19NO3S/c1-3-8-19-12-6-4-11(5-7-12)15-16-13(10-18-2)14(9-17)20-15/h4-7,17H,3,8-10H2,1-2H3. The number of methoxy groups -OCH3 is 1. The first kappa shape index (κ1) is 15.0. The third kappa shape index (κ3) is 3.56. The molecule has 0 fully saturated rings. The van der Waals surface area contributed by atoms with E-state index < -0.39 is 0 Å². The molecule has 0 spiro atoms. The minimum Gasteiger partial charge on any atom is -0.494 e. The van der Waals surface area contributed by atoms with Crippen LogP contribution in [0.2, 0.25) is 0 Å². The normalized spacial score (nSPS) is 10.8. The second-order valence-corrected chi connectivity index (χ2v) is 5.44. The number of aliphatic hydroxyl groups is 1. The van der Waals surface area contributed by atoms with Crippen molar-refractivity contribution in [2.45, 2.75) is 26.6 Å². The van der Waals surface area contributed by atoms with Crippen LogP contribution in [0.4, 0.5) is 0 Å². The SMILES string of the molecule is CCCOc1ccc(-c2nc(COC)c(CO)s2)cc1. The molecule has 0 aliphatic rings. The van der Waals surface area contributed by atoms with Gasteiger partial charge in [-0.15, -0.1) is 11.3 Å². The Morgan fingerprint density at radius 1 is 1.25 bits per heavy atom. The van der Waals surface area contributed by atoms with Gasteiger partial charge in [-0.05, 0) is 30.7 Å². The molecular formula is C15H19NO3S. The molecule has 4 nitrogen and oxygen atoms in total. The predicted molar refractivity (Wildman–Crippen MR) is 80.0 cm³/mol. The van der Waals surface area contributed by atoms with Crippen molar-refractivity contribution in [3.8, 4) is 16.3 Å². The summed E-state index contributed by atoms with van der Waals surface area (Å²) in [5.41, 5.74) is 1.83. The first-order valence-electron chi connectivity index (χ1n) is 6.60. The highest BCUT2D eigenvalue weighted by atomic mass is 32.1. The maximum Gasteiger partial charge on any atom is 0.124 e. The molecule has 1 heterocycles. The van der Waals surface area contributed by atoms with Crippen LogP contribution in [0.15, 0.2) is 24.3 Å². The molecular weight excluding hydrogens is 274 g/mol. The van der Waals surface area contributed by atoms with Crippen LogP contribution in [-0.2, 0) is 18.0 Å². The maximum absolute atomic E-state index is 9.34. The Kier molecular flexibility index (Phi) is 5.52. The molecule has 0 bridgehead atoms. The molecule has 1 aromatic heterocycles. The second-order valence-electron chi connectivity index (χ2n) is 4.35. The second kappa shape index (κ2) is 7.38. The lowest BCUT2D eigenvalue weighted by Gasteiger charge is -2.04. The minimum absolute atomic E-state index is 0.00590. The molecule has 0 aliphatic carbocycles. The first-order valence-corrected chi connectivity index (χ1v) is 7.41. The molecule has 0 radical (unpaired) electrons. The van der Waals surface area contributed by atoms with Crippen molar-refractivity contribution in [3.05, 3.63) is 34.8 Å². The van der Waals surface area contributed by atoms with Crippen LogP contribution in [0.25, 0.3) is 10.6 Å². The van der Waals surface area contributed by atoms with Crippen LogP contribution in [0.5, 0.6) is 5.75 Å². The summed E-state index contributed by atoms with van der Waals surface area (Å²) in [5, 5.41) is 10.2. The Hall–Kier alpha value is -1.43. The highest BCUT2D eigenvalue weighted by molar-refractivity contribution is 7.15. The van der Waals surface area contributed by atoms with E-state index in [-0.39, 0.29) is 6.61 Å². The summed E-state index contributed by atoms with van der Waals surface area (Å²) in [6, 6.07) is 7.87.